The third kappa shape index (κ3) is 3.42. The second-order valence-corrected chi connectivity index (χ2v) is 2.92. The Bertz CT molecular complexity index is 180. The van der Waals surface area contributed by atoms with Crippen LogP contribution in [0.1, 0.15) is 5.01 Å². The predicted molar refractivity (Wildman–Crippen MR) is 40.2 cm³/mol. The van der Waals surface area contributed by atoms with Crippen molar-refractivity contribution in [2.45, 2.75) is 10.9 Å². The van der Waals surface area contributed by atoms with Gasteiger partial charge in [-0.05, 0) is 0 Å². The summed E-state index contributed by atoms with van der Waals surface area (Å²) in [5.74, 6) is 0. The predicted octanol–water partition coefficient (Wildman–Crippen LogP) is -0.329. The van der Waals surface area contributed by atoms with E-state index in [0.29, 0.717) is 9.35 Å². The summed E-state index contributed by atoms with van der Waals surface area (Å²) in [6.07, 6.45) is 0. The summed E-state index contributed by atoms with van der Waals surface area (Å²) in [5.41, 5.74) is 0. The molecule has 0 aliphatic carbocycles. The number of aliphatic hydroxyl groups is 1. The first-order chi connectivity index (χ1) is 3.83. The Kier molecular flexibility index (Phi) is 6.07. The molecule has 0 saturated carbocycles. The summed E-state index contributed by atoms with van der Waals surface area (Å²) in [7, 11) is 0. The van der Waals surface area contributed by atoms with Crippen molar-refractivity contribution in [2.24, 2.45) is 0 Å². The Morgan fingerprint density at radius 3 is 2.44 bits per heavy atom. The van der Waals surface area contributed by atoms with E-state index >= 15 is 0 Å². The Morgan fingerprint density at radius 2 is 2.22 bits per heavy atom. The Balaban J connectivity index is 0.000000640. The molecule has 1 N–H and O–H groups in total. The first kappa shape index (κ1) is 10.5. The SMILES string of the molecule is OCc1nnc(S)s1.[KH]. The molecular formula is C3H5KN2OS2. The van der Waals surface area contributed by atoms with Gasteiger partial charge in [0.1, 0.15) is 5.01 Å². The normalized spacial score (nSPS) is 8.67. The Labute approximate surface area is 105 Å². The maximum atomic E-state index is 8.42. The average molecular weight is 188 g/mol. The maximum absolute atomic E-state index is 8.42. The summed E-state index contributed by atoms with van der Waals surface area (Å²) in [4.78, 5) is 0. The molecule has 1 heterocycles. The molecule has 46 valence electrons. The van der Waals surface area contributed by atoms with E-state index in [1.165, 1.54) is 11.3 Å². The van der Waals surface area contributed by atoms with Crippen molar-refractivity contribution in [3.8, 4) is 0 Å². The van der Waals surface area contributed by atoms with Gasteiger partial charge in [0.2, 0.25) is 0 Å². The van der Waals surface area contributed by atoms with Gasteiger partial charge in [0.25, 0.3) is 0 Å². The fourth-order valence-corrected chi connectivity index (χ4v) is 1.11. The molecule has 0 atom stereocenters. The van der Waals surface area contributed by atoms with E-state index in [9.17, 15) is 0 Å². The van der Waals surface area contributed by atoms with Crippen molar-refractivity contribution in [1.29, 1.82) is 0 Å². The molecule has 3 nitrogen and oxygen atoms in total. The van der Waals surface area contributed by atoms with Crippen LogP contribution < -0.4 is 0 Å². The molecule has 0 fully saturated rings. The van der Waals surface area contributed by atoms with Crippen LogP contribution in [-0.4, -0.2) is 66.7 Å². The first-order valence-corrected chi connectivity index (χ1v) is 3.21. The molecule has 0 unspecified atom stereocenters. The molecule has 9 heavy (non-hydrogen) atoms. The van der Waals surface area contributed by atoms with E-state index in [1.807, 2.05) is 0 Å². The topological polar surface area (TPSA) is 46.0 Å². The van der Waals surface area contributed by atoms with E-state index < -0.39 is 0 Å². The molecule has 1 rings (SSSR count). The van der Waals surface area contributed by atoms with E-state index in [0.717, 1.165) is 0 Å². The number of thiol groups is 1. The zero-order chi connectivity index (χ0) is 5.98. The van der Waals surface area contributed by atoms with Crippen LogP contribution in [0.5, 0.6) is 0 Å². The summed E-state index contributed by atoms with van der Waals surface area (Å²) in [5, 5.41) is 16.2. The van der Waals surface area contributed by atoms with Crippen LogP contribution >= 0.6 is 24.0 Å². The van der Waals surface area contributed by atoms with Gasteiger partial charge in [0.15, 0.2) is 4.34 Å². The summed E-state index contributed by atoms with van der Waals surface area (Å²) < 4.78 is 0.592. The van der Waals surface area contributed by atoms with Gasteiger partial charge < -0.3 is 5.11 Å². The fraction of sp³-hybridized carbons (Fsp3) is 0.333. The second-order valence-electron chi connectivity index (χ2n) is 1.14. The molecule has 0 radical (unpaired) electrons. The Morgan fingerprint density at radius 1 is 1.56 bits per heavy atom. The molecule has 0 aliphatic heterocycles. The first-order valence-electron chi connectivity index (χ1n) is 1.95. The van der Waals surface area contributed by atoms with Crippen LogP contribution in [0.4, 0.5) is 0 Å². The molecular weight excluding hydrogens is 183 g/mol. The molecule has 0 bridgehead atoms. The minimum absolute atomic E-state index is 0. The minimum atomic E-state index is -0.0434. The fourth-order valence-electron chi connectivity index (χ4n) is 0.309. The van der Waals surface area contributed by atoms with Crippen LogP contribution in [0.25, 0.3) is 0 Å². The van der Waals surface area contributed by atoms with E-state index in [4.69, 9.17) is 5.11 Å². The van der Waals surface area contributed by atoms with Gasteiger partial charge in [0, 0.05) is 0 Å². The van der Waals surface area contributed by atoms with Crippen molar-refractivity contribution in [2.75, 3.05) is 0 Å². The molecule has 0 amide bonds. The number of aliphatic hydroxyl groups excluding tert-OH is 1. The third-order valence-electron chi connectivity index (χ3n) is 0.591. The monoisotopic (exact) mass is 188 g/mol. The van der Waals surface area contributed by atoms with Crippen LogP contribution in [0.2, 0.25) is 0 Å². The second kappa shape index (κ2) is 5.20. The van der Waals surface area contributed by atoms with Crippen LogP contribution in [-0.2, 0) is 6.61 Å². The number of nitrogens with zero attached hydrogens (tertiary/aromatic N) is 2. The van der Waals surface area contributed by atoms with Crippen LogP contribution in [0.3, 0.4) is 0 Å². The van der Waals surface area contributed by atoms with Crippen molar-refractivity contribution >= 4 is 75.4 Å². The van der Waals surface area contributed by atoms with E-state index in [2.05, 4.69) is 22.8 Å². The summed E-state index contributed by atoms with van der Waals surface area (Å²) in [6, 6.07) is 0. The summed E-state index contributed by atoms with van der Waals surface area (Å²) in [6.45, 7) is -0.0434. The van der Waals surface area contributed by atoms with E-state index in [-0.39, 0.29) is 58.0 Å². The van der Waals surface area contributed by atoms with Crippen molar-refractivity contribution in [3.05, 3.63) is 5.01 Å². The number of hydrogen-bond donors (Lipinski definition) is 2. The quantitative estimate of drug-likeness (QED) is 0.469. The van der Waals surface area contributed by atoms with Gasteiger partial charge in [-0.2, -0.15) is 0 Å². The number of aromatic nitrogens is 2. The van der Waals surface area contributed by atoms with Gasteiger partial charge >= 0.3 is 51.4 Å². The average Bonchev–Trinajstić information content (AvgIpc) is 2.14. The van der Waals surface area contributed by atoms with Gasteiger partial charge in [-0.15, -0.1) is 22.8 Å². The Hall–Kier alpha value is 1.51. The zero-order valence-electron chi connectivity index (χ0n) is 3.90. The molecule has 0 spiro atoms. The number of rotatable bonds is 1. The third-order valence-corrected chi connectivity index (χ3v) is 1.67. The number of hydrogen-bond acceptors (Lipinski definition) is 5. The van der Waals surface area contributed by atoms with Gasteiger partial charge in [-0.25, -0.2) is 0 Å². The standard InChI is InChI=1S/C3H4N2OS2.K.H/c6-1-2-4-5-3(7)8-2;;/h6H,1H2,(H,5,7);;. The molecule has 1 aromatic heterocycles. The molecule has 0 aliphatic rings. The van der Waals surface area contributed by atoms with Gasteiger partial charge in [-0.1, -0.05) is 11.3 Å². The zero-order valence-corrected chi connectivity index (χ0v) is 5.62. The van der Waals surface area contributed by atoms with Gasteiger partial charge in [-0.3, -0.25) is 0 Å². The van der Waals surface area contributed by atoms with Gasteiger partial charge in [0.05, 0.1) is 6.61 Å². The molecule has 0 aromatic carbocycles. The molecule has 6 heteroatoms. The van der Waals surface area contributed by atoms with Crippen LogP contribution in [0.15, 0.2) is 4.34 Å². The van der Waals surface area contributed by atoms with E-state index in [1.54, 1.807) is 0 Å². The van der Waals surface area contributed by atoms with Crippen molar-refractivity contribution < 1.29 is 5.11 Å². The van der Waals surface area contributed by atoms with Crippen LogP contribution in [0, 0.1) is 0 Å². The van der Waals surface area contributed by atoms with Crippen molar-refractivity contribution in [1.82, 2.24) is 10.2 Å². The molecule has 0 saturated heterocycles. The molecule has 1 aromatic rings. The summed E-state index contributed by atoms with van der Waals surface area (Å²) >= 11 is 5.17. The van der Waals surface area contributed by atoms with Crippen molar-refractivity contribution in [3.63, 3.8) is 0 Å².